The SMILES string of the molecule is [2H]c1c([2H])c([2H])c2c(c1[2H])c1ccc(Oc3cccc(-n4c5ccccc5n5c6ccccc6nc45)c3)cc1n2-c1cc(C(C)(C)C)ccn1. The van der Waals surface area contributed by atoms with E-state index in [0.29, 0.717) is 39.1 Å². The molecule has 0 aliphatic heterocycles. The highest BCUT2D eigenvalue weighted by atomic mass is 16.5. The number of nitrogens with zero attached hydrogens (tertiary/aromatic N) is 5. The van der Waals surface area contributed by atoms with Gasteiger partial charge in [0.25, 0.3) is 0 Å². The van der Waals surface area contributed by atoms with Crippen LogP contribution in [0.3, 0.4) is 0 Å². The van der Waals surface area contributed by atoms with Crippen LogP contribution in [0.5, 0.6) is 11.5 Å². The average Bonchev–Trinajstić information content (AvgIpc) is 3.76. The molecule has 0 saturated heterocycles. The third-order valence-electron chi connectivity index (χ3n) is 8.63. The first kappa shape index (κ1) is 22.6. The van der Waals surface area contributed by atoms with Crippen LogP contribution in [0.25, 0.3) is 61.2 Å². The van der Waals surface area contributed by atoms with Crippen LogP contribution in [-0.2, 0) is 5.41 Å². The van der Waals surface area contributed by atoms with Crippen molar-refractivity contribution in [1.82, 2.24) is 23.5 Å². The molecule has 0 saturated carbocycles. The van der Waals surface area contributed by atoms with Crippen LogP contribution in [0.1, 0.15) is 31.8 Å². The number of para-hydroxylation sites is 5. The Morgan fingerprint density at radius 3 is 2.30 bits per heavy atom. The Balaban J connectivity index is 1.22. The van der Waals surface area contributed by atoms with Gasteiger partial charge >= 0.3 is 0 Å². The first-order valence-corrected chi connectivity index (χ1v) is 15.3. The lowest BCUT2D eigenvalue weighted by molar-refractivity contribution is 0.483. The molecule has 0 atom stereocenters. The number of rotatable bonds is 4. The van der Waals surface area contributed by atoms with Crippen molar-refractivity contribution in [3.05, 3.63) is 139 Å². The van der Waals surface area contributed by atoms with E-state index < -0.39 is 0 Å². The van der Waals surface area contributed by atoms with Crippen LogP contribution in [0.4, 0.5) is 0 Å². The number of benzene rings is 5. The predicted molar refractivity (Wildman–Crippen MR) is 187 cm³/mol. The van der Waals surface area contributed by atoms with E-state index in [1.807, 2.05) is 89.5 Å². The molecule has 0 unspecified atom stereocenters. The van der Waals surface area contributed by atoms with Crippen LogP contribution in [-0.4, -0.2) is 23.5 Å². The van der Waals surface area contributed by atoms with Crippen molar-refractivity contribution < 1.29 is 10.2 Å². The summed E-state index contributed by atoms with van der Waals surface area (Å²) in [5, 5.41) is 1.13. The Bertz CT molecular complexity index is 2840. The van der Waals surface area contributed by atoms with Crippen molar-refractivity contribution in [1.29, 1.82) is 0 Å². The van der Waals surface area contributed by atoms with Gasteiger partial charge in [0, 0.05) is 29.1 Å². The number of fused-ring (bicyclic) bond motifs is 8. The van der Waals surface area contributed by atoms with Crippen molar-refractivity contribution in [2.45, 2.75) is 26.2 Å². The molecular formula is C40H31N5O. The second kappa shape index (κ2) is 9.81. The van der Waals surface area contributed by atoms with Gasteiger partial charge in [-0.2, -0.15) is 0 Å². The number of hydrogen-bond acceptors (Lipinski definition) is 3. The van der Waals surface area contributed by atoms with Gasteiger partial charge in [0.1, 0.15) is 17.3 Å². The Morgan fingerprint density at radius 1 is 0.652 bits per heavy atom. The van der Waals surface area contributed by atoms with E-state index in [9.17, 15) is 0 Å². The lowest BCUT2D eigenvalue weighted by Gasteiger charge is -2.20. The fraction of sp³-hybridized carbons (Fsp3) is 0.100. The van der Waals surface area contributed by atoms with E-state index in [4.69, 9.17) is 20.2 Å². The zero-order chi connectivity index (χ0) is 34.5. The molecule has 0 amide bonds. The molecule has 222 valence electrons. The van der Waals surface area contributed by atoms with Gasteiger partial charge in [0.15, 0.2) is 0 Å². The first-order valence-electron chi connectivity index (χ1n) is 17.3. The minimum absolute atomic E-state index is 0.0880. The standard InChI is InChI=1S/C40H31N5O/c1-40(2,3)26-21-22-41-38(23-26)44-33-15-6-4-13-30(33)31-20-19-29(25-37(31)44)46-28-12-10-11-27(24-28)43-35-17-8-9-18-36(35)45-34-16-7-5-14-32(34)42-39(43)45/h4-25H,1-3H3/i4D,6D,13D,15D. The van der Waals surface area contributed by atoms with Crippen LogP contribution < -0.4 is 4.74 Å². The van der Waals surface area contributed by atoms with Gasteiger partial charge in [-0.05, 0) is 77.7 Å². The minimum Gasteiger partial charge on any atom is -0.457 e. The third-order valence-corrected chi connectivity index (χ3v) is 8.63. The van der Waals surface area contributed by atoms with Crippen LogP contribution >= 0.6 is 0 Å². The fourth-order valence-corrected chi connectivity index (χ4v) is 6.43. The van der Waals surface area contributed by atoms with E-state index in [1.54, 1.807) is 6.20 Å². The highest BCUT2D eigenvalue weighted by Gasteiger charge is 2.19. The Morgan fingerprint density at radius 2 is 1.43 bits per heavy atom. The van der Waals surface area contributed by atoms with Gasteiger partial charge in [-0.15, -0.1) is 0 Å². The second-order valence-electron chi connectivity index (χ2n) is 12.6. The lowest BCUT2D eigenvalue weighted by Crippen LogP contribution is -2.12. The van der Waals surface area contributed by atoms with Gasteiger partial charge in [-0.1, -0.05) is 69.2 Å². The normalized spacial score (nSPS) is 13.5. The number of pyridine rings is 1. The molecule has 4 heterocycles. The number of imidazole rings is 2. The molecule has 5 aromatic carbocycles. The molecule has 6 nitrogen and oxygen atoms in total. The summed E-state index contributed by atoms with van der Waals surface area (Å²) < 4.78 is 47.3. The second-order valence-corrected chi connectivity index (χ2v) is 12.6. The summed E-state index contributed by atoms with van der Waals surface area (Å²) in [6.07, 6.45) is 1.75. The smallest absolute Gasteiger partial charge is 0.220 e. The van der Waals surface area contributed by atoms with Crippen molar-refractivity contribution >= 4 is 49.7 Å². The lowest BCUT2D eigenvalue weighted by atomic mass is 9.88. The van der Waals surface area contributed by atoms with E-state index in [2.05, 4.69) is 47.9 Å². The van der Waals surface area contributed by atoms with Crippen molar-refractivity contribution in [2.24, 2.45) is 0 Å². The summed E-state index contributed by atoms with van der Waals surface area (Å²) >= 11 is 0. The summed E-state index contributed by atoms with van der Waals surface area (Å²) in [5.41, 5.74) is 6.87. The fourth-order valence-electron chi connectivity index (χ4n) is 6.43. The minimum atomic E-state index is -0.288. The van der Waals surface area contributed by atoms with Crippen LogP contribution in [0, 0.1) is 0 Å². The maximum Gasteiger partial charge on any atom is 0.220 e. The molecule has 6 heteroatoms. The van der Waals surface area contributed by atoms with E-state index in [-0.39, 0.29) is 29.6 Å². The molecule has 0 spiro atoms. The number of aromatic nitrogens is 5. The predicted octanol–water partition coefficient (Wildman–Crippen LogP) is 10.0. The molecule has 0 aliphatic carbocycles. The van der Waals surface area contributed by atoms with Gasteiger partial charge in [0.05, 0.1) is 44.3 Å². The van der Waals surface area contributed by atoms with Crippen LogP contribution in [0.2, 0.25) is 0 Å². The maximum atomic E-state index is 8.92. The number of ether oxygens (including phenoxy) is 1. The molecular weight excluding hydrogens is 566 g/mol. The van der Waals surface area contributed by atoms with Gasteiger partial charge in [-0.3, -0.25) is 13.5 Å². The Kier molecular flexibility index (Phi) is 4.82. The largest absolute Gasteiger partial charge is 0.457 e. The number of hydrogen-bond donors (Lipinski definition) is 0. The molecule has 4 aromatic heterocycles. The topological polar surface area (TPSA) is 49.3 Å². The highest BCUT2D eigenvalue weighted by molar-refractivity contribution is 6.09. The third kappa shape index (κ3) is 4.03. The highest BCUT2D eigenvalue weighted by Crippen LogP contribution is 2.37. The summed E-state index contributed by atoms with van der Waals surface area (Å²) in [7, 11) is 0. The van der Waals surface area contributed by atoms with Crippen molar-refractivity contribution in [2.75, 3.05) is 0 Å². The summed E-state index contributed by atoms with van der Waals surface area (Å²) in [6.45, 7) is 6.38. The summed E-state index contributed by atoms with van der Waals surface area (Å²) in [6, 6.07) is 33.0. The van der Waals surface area contributed by atoms with E-state index >= 15 is 0 Å². The monoisotopic (exact) mass is 601 g/mol. The van der Waals surface area contributed by atoms with Gasteiger partial charge in [-0.25, -0.2) is 9.97 Å². The van der Waals surface area contributed by atoms with Crippen molar-refractivity contribution in [3.8, 4) is 23.0 Å². The quantitative estimate of drug-likeness (QED) is 0.202. The maximum absolute atomic E-state index is 8.92. The van der Waals surface area contributed by atoms with Gasteiger partial charge in [0.2, 0.25) is 5.78 Å². The van der Waals surface area contributed by atoms with Gasteiger partial charge < -0.3 is 4.74 Å². The average molecular weight is 602 g/mol. The van der Waals surface area contributed by atoms with Crippen LogP contribution in [0.15, 0.2) is 133 Å². The zero-order valence-corrected chi connectivity index (χ0v) is 25.5. The Hall–Kier alpha value is -5.88. The first-order chi connectivity index (χ1) is 24.1. The zero-order valence-electron chi connectivity index (χ0n) is 29.5. The summed E-state index contributed by atoms with van der Waals surface area (Å²) in [4.78, 5) is 9.70. The molecule has 9 aromatic rings. The van der Waals surface area contributed by atoms with E-state index in [0.717, 1.165) is 39.1 Å². The molecule has 46 heavy (non-hydrogen) atoms. The van der Waals surface area contributed by atoms with Crippen molar-refractivity contribution in [3.63, 3.8) is 0 Å². The molecule has 0 bridgehead atoms. The molecule has 0 aliphatic rings. The van der Waals surface area contributed by atoms with E-state index in [1.165, 1.54) is 0 Å². The summed E-state index contributed by atoms with van der Waals surface area (Å²) in [5.74, 6) is 2.54. The molecule has 9 rings (SSSR count). The molecule has 0 fully saturated rings. The molecule has 0 N–H and O–H groups in total. The Labute approximate surface area is 271 Å². The molecule has 0 radical (unpaired) electrons.